The molecular formula is C14H10F2O4S. The zero-order chi connectivity index (χ0) is 15.6. The van der Waals surface area contributed by atoms with E-state index in [4.69, 9.17) is 5.11 Å². The number of sulfone groups is 1. The van der Waals surface area contributed by atoms with Crippen LogP contribution in [0, 0.1) is 11.6 Å². The quantitative estimate of drug-likeness (QED) is 0.942. The van der Waals surface area contributed by atoms with Gasteiger partial charge >= 0.3 is 5.97 Å². The lowest BCUT2D eigenvalue weighted by Gasteiger charge is -2.06. The molecule has 0 atom stereocenters. The van der Waals surface area contributed by atoms with E-state index in [9.17, 15) is 22.0 Å². The van der Waals surface area contributed by atoms with E-state index in [1.54, 1.807) is 0 Å². The maximum absolute atomic E-state index is 13.1. The number of carboxylic acid groups (broad SMARTS) is 1. The number of carbonyl (C=O) groups is 1. The summed E-state index contributed by atoms with van der Waals surface area (Å²) in [6, 6.07) is 7.26. The number of hydrogen-bond donors (Lipinski definition) is 1. The first-order valence-corrected chi connectivity index (χ1v) is 7.44. The first-order chi connectivity index (χ1) is 9.78. The Labute approximate surface area is 119 Å². The lowest BCUT2D eigenvalue weighted by Crippen LogP contribution is -2.07. The molecule has 0 radical (unpaired) electrons. The van der Waals surface area contributed by atoms with Gasteiger partial charge in [0.25, 0.3) is 0 Å². The Balaban J connectivity index is 2.38. The molecule has 110 valence electrons. The van der Waals surface area contributed by atoms with Crippen LogP contribution in [0.15, 0.2) is 47.4 Å². The molecule has 0 bridgehead atoms. The predicted octanol–water partition coefficient (Wildman–Crippen LogP) is 2.64. The molecule has 0 amide bonds. The Hall–Kier alpha value is -2.28. The van der Waals surface area contributed by atoms with Crippen molar-refractivity contribution in [3.05, 3.63) is 65.2 Å². The molecule has 7 heteroatoms. The van der Waals surface area contributed by atoms with Crippen molar-refractivity contribution < 1.29 is 27.1 Å². The van der Waals surface area contributed by atoms with Crippen molar-refractivity contribution in [3.8, 4) is 0 Å². The standard InChI is InChI=1S/C14H10F2O4S/c15-11-4-9(5-12(16)7-11)8-21(19,20)13-3-1-2-10(6-13)14(17)18/h1-7H,8H2,(H,17,18). The molecule has 0 saturated carbocycles. The normalized spacial score (nSPS) is 11.3. The largest absolute Gasteiger partial charge is 0.478 e. The first kappa shape index (κ1) is 15.1. The second kappa shape index (κ2) is 5.61. The fraction of sp³-hybridized carbons (Fsp3) is 0.0714. The summed E-state index contributed by atoms with van der Waals surface area (Å²) < 4.78 is 50.4. The number of hydrogen-bond acceptors (Lipinski definition) is 3. The third kappa shape index (κ3) is 3.63. The van der Waals surface area contributed by atoms with Gasteiger partial charge < -0.3 is 5.11 Å². The third-order valence-corrected chi connectivity index (χ3v) is 4.40. The molecule has 0 spiro atoms. The van der Waals surface area contributed by atoms with Gasteiger partial charge in [-0.05, 0) is 35.9 Å². The lowest BCUT2D eigenvalue weighted by atomic mass is 10.2. The summed E-state index contributed by atoms with van der Waals surface area (Å²) >= 11 is 0. The van der Waals surface area contributed by atoms with Gasteiger partial charge in [-0.15, -0.1) is 0 Å². The van der Waals surface area contributed by atoms with Crippen LogP contribution >= 0.6 is 0 Å². The van der Waals surface area contributed by atoms with Crippen molar-refractivity contribution in [2.24, 2.45) is 0 Å². The Morgan fingerprint density at radius 1 is 1.05 bits per heavy atom. The summed E-state index contributed by atoms with van der Waals surface area (Å²) in [4.78, 5) is 10.6. The average molecular weight is 312 g/mol. The fourth-order valence-corrected chi connectivity index (χ4v) is 3.18. The minimum absolute atomic E-state index is 0.0479. The highest BCUT2D eigenvalue weighted by molar-refractivity contribution is 7.90. The molecule has 21 heavy (non-hydrogen) atoms. The van der Waals surface area contributed by atoms with Crippen LogP contribution in [0.3, 0.4) is 0 Å². The third-order valence-electron chi connectivity index (χ3n) is 2.72. The Kier molecular flexibility index (Phi) is 4.04. The highest BCUT2D eigenvalue weighted by Crippen LogP contribution is 2.19. The molecular weight excluding hydrogens is 302 g/mol. The average Bonchev–Trinajstić information content (AvgIpc) is 2.37. The van der Waals surface area contributed by atoms with Crippen LogP contribution in [-0.2, 0) is 15.6 Å². The van der Waals surface area contributed by atoms with E-state index in [1.165, 1.54) is 18.2 Å². The number of halogens is 2. The monoisotopic (exact) mass is 312 g/mol. The Bertz CT molecular complexity index is 780. The molecule has 0 unspecified atom stereocenters. The van der Waals surface area contributed by atoms with Gasteiger partial charge in [0.1, 0.15) is 11.6 Å². The van der Waals surface area contributed by atoms with E-state index in [-0.39, 0.29) is 16.0 Å². The minimum atomic E-state index is -3.90. The molecule has 0 heterocycles. The van der Waals surface area contributed by atoms with Gasteiger partial charge in [0, 0.05) is 6.07 Å². The second-order valence-electron chi connectivity index (χ2n) is 4.37. The van der Waals surface area contributed by atoms with Gasteiger partial charge in [0.15, 0.2) is 9.84 Å². The zero-order valence-corrected chi connectivity index (χ0v) is 11.4. The van der Waals surface area contributed by atoms with Gasteiger partial charge in [-0.1, -0.05) is 6.07 Å². The van der Waals surface area contributed by atoms with Crippen molar-refractivity contribution in [1.29, 1.82) is 0 Å². The van der Waals surface area contributed by atoms with Crippen molar-refractivity contribution >= 4 is 15.8 Å². The predicted molar refractivity (Wildman–Crippen MR) is 70.6 cm³/mol. The van der Waals surface area contributed by atoms with E-state index < -0.39 is 33.2 Å². The molecule has 2 aromatic carbocycles. The van der Waals surface area contributed by atoms with Crippen LogP contribution in [0.2, 0.25) is 0 Å². The molecule has 0 fully saturated rings. The van der Waals surface area contributed by atoms with E-state index >= 15 is 0 Å². The molecule has 4 nitrogen and oxygen atoms in total. The van der Waals surface area contributed by atoms with Crippen molar-refractivity contribution in [2.45, 2.75) is 10.6 Å². The molecule has 0 aliphatic rings. The molecule has 2 rings (SSSR count). The summed E-state index contributed by atoms with van der Waals surface area (Å²) in [5.41, 5.74) is -0.227. The molecule has 0 aromatic heterocycles. The van der Waals surface area contributed by atoms with E-state index in [1.807, 2.05) is 0 Å². The fourth-order valence-electron chi connectivity index (χ4n) is 1.82. The summed E-state index contributed by atoms with van der Waals surface area (Å²) in [6.07, 6.45) is 0. The lowest BCUT2D eigenvalue weighted by molar-refractivity contribution is 0.0696. The van der Waals surface area contributed by atoms with E-state index in [2.05, 4.69) is 0 Å². The number of benzene rings is 2. The maximum Gasteiger partial charge on any atom is 0.335 e. The van der Waals surface area contributed by atoms with Crippen LogP contribution < -0.4 is 0 Å². The Morgan fingerprint density at radius 2 is 1.67 bits per heavy atom. The summed E-state index contributed by atoms with van der Waals surface area (Å²) in [5, 5.41) is 8.84. The van der Waals surface area contributed by atoms with E-state index in [0.29, 0.717) is 6.07 Å². The van der Waals surface area contributed by atoms with Gasteiger partial charge in [0.05, 0.1) is 16.2 Å². The molecule has 1 N–H and O–H groups in total. The maximum atomic E-state index is 13.1. The van der Waals surface area contributed by atoms with Crippen LogP contribution in [0.5, 0.6) is 0 Å². The topological polar surface area (TPSA) is 71.4 Å². The molecule has 0 saturated heterocycles. The van der Waals surface area contributed by atoms with E-state index in [0.717, 1.165) is 18.2 Å². The number of aromatic carboxylic acids is 1. The van der Waals surface area contributed by atoms with Gasteiger partial charge in [0.2, 0.25) is 0 Å². The first-order valence-electron chi connectivity index (χ1n) is 5.79. The smallest absolute Gasteiger partial charge is 0.335 e. The molecule has 2 aromatic rings. The van der Waals surface area contributed by atoms with Gasteiger partial charge in [-0.25, -0.2) is 22.0 Å². The van der Waals surface area contributed by atoms with Crippen LogP contribution in [0.4, 0.5) is 8.78 Å². The summed E-state index contributed by atoms with van der Waals surface area (Å²) in [5.74, 6) is -3.63. The van der Waals surface area contributed by atoms with Crippen molar-refractivity contribution in [2.75, 3.05) is 0 Å². The van der Waals surface area contributed by atoms with Gasteiger partial charge in [-0.3, -0.25) is 0 Å². The number of carboxylic acids is 1. The highest BCUT2D eigenvalue weighted by atomic mass is 32.2. The highest BCUT2D eigenvalue weighted by Gasteiger charge is 2.18. The van der Waals surface area contributed by atoms with Crippen molar-refractivity contribution in [3.63, 3.8) is 0 Å². The van der Waals surface area contributed by atoms with Crippen molar-refractivity contribution in [1.82, 2.24) is 0 Å². The molecule has 0 aliphatic heterocycles. The molecule has 0 aliphatic carbocycles. The summed E-state index contributed by atoms with van der Waals surface area (Å²) in [7, 11) is -3.90. The second-order valence-corrected chi connectivity index (χ2v) is 6.36. The van der Waals surface area contributed by atoms with Crippen LogP contribution in [0.25, 0.3) is 0 Å². The van der Waals surface area contributed by atoms with Crippen LogP contribution in [-0.4, -0.2) is 19.5 Å². The van der Waals surface area contributed by atoms with Crippen LogP contribution in [0.1, 0.15) is 15.9 Å². The zero-order valence-electron chi connectivity index (χ0n) is 10.6. The number of rotatable bonds is 4. The van der Waals surface area contributed by atoms with Gasteiger partial charge in [-0.2, -0.15) is 0 Å². The Morgan fingerprint density at radius 3 is 2.24 bits per heavy atom. The summed E-state index contributed by atoms with van der Waals surface area (Å²) in [6.45, 7) is 0. The minimum Gasteiger partial charge on any atom is -0.478 e. The SMILES string of the molecule is O=C(O)c1cccc(S(=O)(=O)Cc2cc(F)cc(F)c2)c1.